The fraction of sp³-hybridized carbons (Fsp3) is 0.875. The number of amides is 1. The lowest BCUT2D eigenvalue weighted by molar-refractivity contribution is 0.0272. The minimum absolute atomic E-state index is 0.0757. The first-order chi connectivity index (χ1) is 9.77. The lowest BCUT2D eigenvalue weighted by atomic mass is 10.1. The Bertz CT molecular complexity index is 457. The summed E-state index contributed by atoms with van der Waals surface area (Å²) in [6, 6.07) is 2.28. The normalized spacial score (nSPS) is 23.3. The van der Waals surface area contributed by atoms with Crippen molar-refractivity contribution in [3.8, 4) is 6.07 Å². The summed E-state index contributed by atoms with van der Waals surface area (Å²) in [6.45, 7) is 17.2. The van der Waals surface area contributed by atoms with Gasteiger partial charge in [0.2, 0.25) is 0 Å². The van der Waals surface area contributed by atoms with Crippen LogP contribution in [0.2, 0.25) is 18.1 Å². The van der Waals surface area contributed by atoms with Crippen LogP contribution in [0, 0.1) is 17.2 Å². The van der Waals surface area contributed by atoms with Gasteiger partial charge >= 0.3 is 6.09 Å². The zero-order valence-corrected chi connectivity index (χ0v) is 16.2. The molecule has 0 radical (unpaired) electrons. The molecule has 0 aromatic heterocycles. The predicted molar refractivity (Wildman–Crippen MR) is 89.0 cm³/mol. The van der Waals surface area contributed by atoms with E-state index in [-0.39, 0.29) is 23.2 Å². The van der Waals surface area contributed by atoms with E-state index in [0.29, 0.717) is 13.1 Å². The van der Waals surface area contributed by atoms with Gasteiger partial charge < -0.3 is 14.1 Å². The Balaban J connectivity index is 2.79. The molecule has 2 atom stereocenters. The lowest BCUT2D eigenvalue weighted by Crippen LogP contribution is -2.46. The highest BCUT2D eigenvalue weighted by molar-refractivity contribution is 6.74. The third-order valence-corrected chi connectivity index (χ3v) is 8.84. The van der Waals surface area contributed by atoms with Crippen molar-refractivity contribution in [2.75, 3.05) is 13.1 Å². The lowest BCUT2D eigenvalue weighted by Gasteiger charge is -2.38. The van der Waals surface area contributed by atoms with Gasteiger partial charge in [0.05, 0.1) is 24.6 Å². The predicted octanol–water partition coefficient (Wildman–Crippen LogP) is 3.77. The van der Waals surface area contributed by atoms with E-state index in [0.717, 1.165) is 0 Å². The van der Waals surface area contributed by atoms with E-state index in [9.17, 15) is 10.1 Å². The van der Waals surface area contributed by atoms with Crippen LogP contribution in [-0.4, -0.2) is 44.1 Å². The van der Waals surface area contributed by atoms with Crippen LogP contribution in [0.3, 0.4) is 0 Å². The summed E-state index contributed by atoms with van der Waals surface area (Å²) in [5.41, 5.74) is -0.530. The quantitative estimate of drug-likeness (QED) is 0.725. The van der Waals surface area contributed by atoms with Crippen LogP contribution in [0.1, 0.15) is 41.5 Å². The highest BCUT2D eigenvalue weighted by atomic mass is 28.4. The van der Waals surface area contributed by atoms with Crippen LogP contribution in [-0.2, 0) is 9.16 Å². The SMILES string of the molecule is CC(C)(C)OC(=O)N1C[C@H](O[Si](C)(C)C(C)(C)C)[C@@H](C#N)C1. The topological polar surface area (TPSA) is 62.6 Å². The summed E-state index contributed by atoms with van der Waals surface area (Å²) in [4.78, 5) is 13.8. The Morgan fingerprint density at radius 3 is 2.14 bits per heavy atom. The first-order valence-corrected chi connectivity index (χ1v) is 10.7. The van der Waals surface area contributed by atoms with Crippen molar-refractivity contribution in [3.63, 3.8) is 0 Å². The molecular weight excluding hydrogens is 296 g/mol. The molecule has 1 heterocycles. The van der Waals surface area contributed by atoms with Crippen molar-refractivity contribution in [2.45, 2.75) is 71.4 Å². The molecule has 1 fully saturated rings. The molecule has 5 nitrogen and oxygen atoms in total. The van der Waals surface area contributed by atoms with Crippen LogP contribution in [0.5, 0.6) is 0 Å². The van der Waals surface area contributed by atoms with E-state index < -0.39 is 13.9 Å². The van der Waals surface area contributed by atoms with Gasteiger partial charge in [0.1, 0.15) is 5.60 Å². The van der Waals surface area contributed by atoms with Crippen molar-refractivity contribution in [3.05, 3.63) is 0 Å². The van der Waals surface area contributed by atoms with E-state index in [4.69, 9.17) is 9.16 Å². The molecule has 22 heavy (non-hydrogen) atoms. The number of carbonyl (C=O) groups is 1. The zero-order valence-electron chi connectivity index (χ0n) is 15.2. The number of nitriles is 1. The van der Waals surface area contributed by atoms with E-state index in [1.807, 2.05) is 20.8 Å². The monoisotopic (exact) mass is 326 g/mol. The van der Waals surface area contributed by atoms with Crippen molar-refractivity contribution < 1.29 is 14.0 Å². The summed E-state index contributed by atoms with van der Waals surface area (Å²) in [5.74, 6) is -0.290. The third-order valence-electron chi connectivity index (χ3n) is 4.34. The summed E-state index contributed by atoms with van der Waals surface area (Å²) in [6.07, 6.45) is -0.590. The van der Waals surface area contributed by atoms with Gasteiger partial charge in [-0.25, -0.2) is 4.79 Å². The largest absolute Gasteiger partial charge is 0.444 e. The molecule has 1 rings (SSSR count). The zero-order chi connectivity index (χ0) is 17.3. The standard InChI is InChI=1S/C16H30N2O3Si/c1-15(2,3)20-14(19)18-10-12(9-17)13(11-18)21-22(7,8)16(4,5)6/h12-13H,10-11H2,1-8H3/t12-,13-/m0/s1. The van der Waals surface area contributed by atoms with E-state index in [1.54, 1.807) is 4.90 Å². The maximum atomic E-state index is 12.2. The number of hydrogen-bond donors (Lipinski definition) is 0. The van der Waals surface area contributed by atoms with Gasteiger partial charge in [0, 0.05) is 6.54 Å². The maximum absolute atomic E-state index is 12.2. The van der Waals surface area contributed by atoms with Gasteiger partial charge in [-0.15, -0.1) is 0 Å². The van der Waals surface area contributed by atoms with Crippen molar-refractivity contribution in [1.29, 1.82) is 5.26 Å². The van der Waals surface area contributed by atoms with E-state index >= 15 is 0 Å². The number of ether oxygens (including phenoxy) is 1. The van der Waals surface area contributed by atoms with Crippen LogP contribution < -0.4 is 0 Å². The molecule has 0 aromatic rings. The summed E-state index contributed by atoms with van der Waals surface area (Å²) >= 11 is 0. The molecule has 0 N–H and O–H groups in total. The molecule has 1 amide bonds. The van der Waals surface area contributed by atoms with Crippen molar-refractivity contribution >= 4 is 14.4 Å². The second kappa shape index (κ2) is 6.21. The first-order valence-electron chi connectivity index (χ1n) is 7.82. The summed E-state index contributed by atoms with van der Waals surface area (Å²) < 4.78 is 11.7. The van der Waals surface area contributed by atoms with E-state index in [1.165, 1.54) is 0 Å². The Hall–Kier alpha value is -1.06. The van der Waals surface area contributed by atoms with Crippen LogP contribution in [0.25, 0.3) is 0 Å². The second-order valence-electron chi connectivity index (χ2n) is 8.54. The molecule has 126 valence electrons. The Morgan fingerprint density at radius 1 is 1.18 bits per heavy atom. The van der Waals surface area contributed by atoms with Crippen molar-refractivity contribution in [2.24, 2.45) is 5.92 Å². The highest BCUT2D eigenvalue weighted by Crippen LogP contribution is 2.39. The van der Waals surface area contributed by atoms with Crippen LogP contribution in [0.4, 0.5) is 4.79 Å². The molecule has 0 aliphatic carbocycles. The molecule has 1 saturated heterocycles. The Morgan fingerprint density at radius 2 is 1.73 bits per heavy atom. The van der Waals surface area contributed by atoms with Gasteiger partial charge in [-0.05, 0) is 38.9 Å². The second-order valence-corrected chi connectivity index (χ2v) is 13.3. The number of carbonyl (C=O) groups excluding carboxylic acids is 1. The van der Waals surface area contributed by atoms with Crippen LogP contribution >= 0.6 is 0 Å². The summed E-state index contributed by atoms with van der Waals surface area (Å²) in [7, 11) is -1.97. The number of rotatable bonds is 2. The molecule has 0 saturated carbocycles. The number of hydrogen-bond acceptors (Lipinski definition) is 4. The van der Waals surface area contributed by atoms with Gasteiger partial charge in [0.15, 0.2) is 8.32 Å². The van der Waals surface area contributed by atoms with E-state index in [2.05, 4.69) is 39.9 Å². The smallest absolute Gasteiger partial charge is 0.410 e. The molecule has 0 aromatic carbocycles. The molecule has 1 aliphatic heterocycles. The van der Waals surface area contributed by atoms with Crippen molar-refractivity contribution in [1.82, 2.24) is 4.90 Å². The minimum atomic E-state index is -1.97. The first kappa shape index (κ1) is 19.0. The fourth-order valence-corrected chi connectivity index (χ4v) is 3.40. The average molecular weight is 327 g/mol. The third kappa shape index (κ3) is 4.72. The number of likely N-dealkylation sites (tertiary alicyclic amines) is 1. The summed E-state index contributed by atoms with van der Waals surface area (Å²) in [5, 5.41) is 9.45. The molecule has 6 heteroatoms. The highest BCUT2D eigenvalue weighted by Gasteiger charge is 2.45. The van der Waals surface area contributed by atoms with Gasteiger partial charge in [0.25, 0.3) is 0 Å². The molecule has 1 aliphatic rings. The molecule has 0 spiro atoms. The van der Waals surface area contributed by atoms with Crippen LogP contribution in [0.15, 0.2) is 0 Å². The molecule has 0 bridgehead atoms. The Kier molecular flexibility index (Phi) is 5.36. The molecular formula is C16H30N2O3Si. The average Bonchev–Trinajstić information content (AvgIpc) is 2.67. The fourth-order valence-electron chi connectivity index (χ4n) is 2.05. The Labute approximate surface area is 135 Å². The minimum Gasteiger partial charge on any atom is -0.444 e. The maximum Gasteiger partial charge on any atom is 0.410 e. The number of nitrogens with zero attached hydrogens (tertiary/aromatic N) is 2. The van der Waals surface area contributed by atoms with Gasteiger partial charge in [-0.2, -0.15) is 5.26 Å². The van der Waals surface area contributed by atoms with Gasteiger partial charge in [-0.3, -0.25) is 0 Å². The van der Waals surface area contributed by atoms with Gasteiger partial charge in [-0.1, -0.05) is 20.8 Å². The molecule has 0 unspecified atom stereocenters.